The molecule has 2 unspecified atom stereocenters. The number of fused-ring (bicyclic) bond motifs is 3. The van der Waals surface area contributed by atoms with Crippen molar-refractivity contribution in [2.45, 2.75) is 25.2 Å². The van der Waals surface area contributed by atoms with Crippen LogP contribution in [-0.2, 0) is 6.61 Å². The fraction of sp³-hybridized carbons (Fsp3) is 0.190. The Hall–Kier alpha value is -2.67. The van der Waals surface area contributed by atoms with Crippen LogP contribution in [0.4, 0.5) is 0 Å². The van der Waals surface area contributed by atoms with Gasteiger partial charge >= 0.3 is 0 Å². The Morgan fingerprint density at radius 3 is 2.78 bits per heavy atom. The second-order valence-electron chi connectivity index (χ2n) is 6.76. The monoisotopic (exact) mass is 377 g/mol. The summed E-state index contributed by atoms with van der Waals surface area (Å²) in [6.45, 7) is 0.509. The van der Waals surface area contributed by atoms with E-state index in [1.807, 2.05) is 48.5 Å². The minimum absolute atomic E-state index is 0.0557. The van der Waals surface area contributed by atoms with Gasteiger partial charge in [0.2, 0.25) is 0 Å². The maximum atomic E-state index is 12.8. The van der Waals surface area contributed by atoms with Gasteiger partial charge in [-0.15, -0.1) is 11.3 Å². The molecular formula is C21H19N3O2S. The van der Waals surface area contributed by atoms with Gasteiger partial charge in [0.25, 0.3) is 5.91 Å². The van der Waals surface area contributed by atoms with Gasteiger partial charge in [0.15, 0.2) is 0 Å². The average molecular weight is 377 g/mol. The molecule has 3 aromatic rings. The lowest BCUT2D eigenvalue weighted by Crippen LogP contribution is -2.43. The van der Waals surface area contributed by atoms with Gasteiger partial charge in [-0.2, -0.15) is 0 Å². The number of hydrogen-bond acceptors (Lipinski definition) is 5. The first-order valence-corrected chi connectivity index (χ1v) is 9.81. The van der Waals surface area contributed by atoms with Crippen molar-refractivity contribution in [2.24, 2.45) is 0 Å². The summed E-state index contributed by atoms with van der Waals surface area (Å²) in [5, 5.41) is 3.09. The van der Waals surface area contributed by atoms with E-state index in [9.17, 15) is 4.79 Å². The van der Waals surface area contributed by atoms with Gasteiger partial charge in [0.1, 0.15) is 12.4 Å². The highest BCUT2D eigenvalue weighted by Crippen LogP contribution is 2.42. The molecule has 3 heterocycles. The predicted octanol–water partition coefficient (Wildman–Crippen LogP) is 3.60. The number of hydrazine groups is 1. The Morgan fingerprint density at radius 2 is 1.89 bits per heavy atom. The number of carbonyl (C=O) groups is 1. The third-order valence-electron chi connectivity index (χ3n) is 4.96. The molecule has 3 N–H and O–H groups in total. The van der Waals surface area contributed by atoms with Gasteiger partial charge in [0, 0.05) is 28.5 Å². The van der Waals surface area contributed by atoms with E-state index in [0.29, 0.717) is 11.5 Å². The zero-order chi connectivity index (χ0) is 18.2. The highest BCUT2D eigenvalue weighted by molar-refractivity contribution is 7.17. The van der Waals surface area contributed by atoms with E-state index in [-0.39, 0.29) is 18.1 Å². The van der Waals surface area contributed by atoms with Gasteiger partial charge in [-0.05, 0) is 23.8 Å². The van der Waals surface area contributed by atoms with Crippen LogP contribution in [0.2, 0.25) is 0 Å². The lowest BCUT2D eigenvalue weighted by Gasteiger charge is -2.16. The van der Waals surface area contributed by atoms with Crippen LogP contribution in [-0.4, -0.2) is 12.1 Å². The smallest absolute Gasteiger partial charge is 0.262 e. The number of amides is 1. The number of para-hydroxylation sites is 1. The first-order valence-electron chi connectivity index (χ1n) is 9.00. The molecular weight excluding hydrogens is 358 g/mol. The number of carbonyl (C=O) groups excluding carboxylic acids is 1. The molecule has 136 valence electrons. The minimum Gasteiger partial charge on any atom is -0.488 e. The Balaban J connectivity index is 1.30. The SMILES string of the molecule is O=C(NC1CC(c2ccccc2)NN1)c1cc2c(s1)-c1ccccc1OC2. The molecule has 6 heteroatoms. The summed E-state index contributed by atoms with van der Waals surface area (Å²) in [7, 11) is 0. The predicted molar refractivity (Wildman–Crippen MR) is 105 cm³/mol. The second-order valence-corrected chi connectivity index (χ2v) is 7.82. The van der Waals surface area contributed by atoms with Crippen molar-refractivity contribution in [3.63, 3.8) is 0 Å². The van der Waals surface area contributed by atoms with Crippen molar-refractivity contribution in [3.8, 4) is 16.2 Å². The van der Waals surface area contributed by atoms with E-state index >= 15 is 0 Å². The molecule has 5 nitrogen and oxygen atoms in total. The van der Waals surface area contributed by atoms with Gasteiger partial charge in [-0.1, -0.05) is 42.5 Å². The van der Waals surface area contributed by atoms with Crippen molar-refractivity contribution in [3.05, 3.63) is 76.7 Å². The molecule has 0 aliphatic carbocycles. The largest absolute Gasteiger partial charge is 0.488 e. The summed E-state index contributed by atoms with van der Waals surface area (Å²) in [5.74, 6) is 0.825. The highest BCUT2D eigenvalue weighted by Gasteiger charge is 2.28. The Bertz CT molecular complexity index is 986. The summed E-state index contributed by atoms with van der Waals surface area (Å²) >= 11 is 1.53. The molecule has 0 saturated carbocycles. The zero-order valence-electron chi connectivity index (χ0n) is 14.6. The quantitative estimate of drug-likeness (QED) is 0.653. The molecule has 1 fully saturated rings. The summed E-state index contributed by atoms with van der Waals surface area (Å²) < 4.78 is 5.79. The van der Waals surface area contributed by atoms with Crippen LogP contribution in [0, 0.1) is 0 Å². The number of benzene rings is 2. The molecule has 0 bridgehead atoms. The molecule has 1 amide bonds. The third-order valence-corrected chi connectivity index (χ3v) is 6.17. The Kier molecular flexibility index (Phi) is 4.16. The molecule has 2 aliphatic rings. The van der Waals surface area contributed by atoms with Crippen LogP contribution in [0.1, 0.15) is 33.3 Å². The van der Waals surface area contributed by atoms with E-state index < -0.39 is 0 Å². The van der Waals surface area contributed by atoms with Crippen LogP contribution in [0.5, 0.6) is 5.75 Å². The van der Waals surface area contributed by atoms with E-state index in [4.69, 9.17) is 4.74 Å². The summed E-state index contributed by atoms with van der Waals surface area (Å²) in [5.41, 5.74) is 9.79. The number of thiophene rings is 1. The highest BCUT2D eigenvalue weighted by atomic mass is 32.1. The van der Waals surface area contributed by atoms with E-state index in [1.165, 1.54) is 16.9 Å². The maximum absolute atomic E-state index is 12.8. The van der Waals surface area contributed by atoms with Gasteiger partial charge in [-0.25, -0.2) is 10.9 Å². The number of ether oxygens (including phenoxy) is 1. The molecule has 1 aromatic heterocycles. The Morgan fingerprint density at radius 1 is 1.07 bits per heavy atom. The molecule has 0 radical (unpaired) electrons. The summed E-state index contributed by atoms with van der Waals surface area (Å²) in [4.78, 5) is 14.6. The van der Waals surface area contributed by atoms with Crippen molar-refractivity contribution < 1.29 is 9.53 Å². The molecule has 2 atom stereocenters. The lowest BCUT2D eigenvalue weighted by molar-refractivity contribution is 0.0936. The standard InChI is InChI=1S/C21H19N3O2S/c25-21(22-19-11-16(23-24-19)13-6-2-1-3-7-13)18-10-14-12-26-17-9-5-4-8-15(17)20(14)27-18/h1-10,16,19,23-24H,11-12H2,(H,22,25). The lowest BCUT2D eigenvalue weighted by atomic mass is 10.0. The van der Waals surface area contributed by atoms with Crippen LogP contribution in [0.25, 0.3) is 10.4 Å². The van der Waals surface area contributed by atoms with E-state index in [0.717, 1.165) is 28.2 Å². The second kappa shape index (κ2) is 6.81. The topological polar surface area (TPSA) is 62.4 Å². The van der Waals surface area contributed by atoms with Gasteiger partial charge in [-0.3, -0.25) is 4.79 Å². The molecule has 2 aliphatic heterocycles. The third kappa shape index (κ3) is 3.12. The first kappa shape index (κ1) is 16.5. The molecule has 5 rings (SSSR count). The molecule has 0 spiro atoms. The summed E-state index contributed by atoms with van der Waals surface area (Å²) in [6.07, 6.45) is 0.692. The number of rotatable bonds is 3. The fourth-order valence-corrected chi connectivity index (χ4v) is 4.70. The zero-order valence-corrected chi connectivity index (χ0v) is 15.4. The van der Waals surface area contributed by atoms with Crippen molar-refractivity contribution in [1.82, 2.24) is 16.2 Å². The van der Waals surface area contributed by atoms with Crippen molar-refractivity contribution in [2.75, 3.05) is 0 Å². The number of nitrogens with one attached hydrogen (secondary N) is 3. The fourth-order valence-electron chi connectivity index (χ4n) is 3.60. The van der Waals surface area contributed by atoms with Crippen LogP contribution in [0.15, 0.2) is 60.7 Å². The van der Waals surface area contributed by atoms with Crippen molar-refractivity contribution >= 4 is 17.2 Å². The molecule has 2 aromatic carbocycles. The Labute approximate surface area is 161 Å². The average Bonchev–Trinajstić information content (AvgIpc) is 3.36. The first-order chi connectivity index (χ1) is 13.3. The minimum atomic E-state index is -0.106. The van der Waals surface area contributed by atoms with Crippen LogP contribution in [0.3, 0.4) is 0 Å². The number of hydrogen-bond donors (Lipinski definition) is 3. The van der Waals surface area contributed by atoms with Crippen molar-refractivity contribution in [1.29, 1.82) is 0 Å². The van der Waals surface area contributed by atoms with Crippen LogP contribution < -0.4 is 20.9 Å². The maximum Gasteiger partial charge on any atom is 0.262 e. The molecule has 1 saturated heterocycles. The van der Waals surface area contributed by atoms with Gasteiger partial charge < -0.3 is 10.1 Å². The van der Waals surface area contributed by atoms with Crippen LogP contribution >= 0.6 is 11.3 Å². The van der Waals surface area contributed by atoms with E-state index in [2.05, 4.69) is 28.3 Å². The van der Waals surface area contributed by atoms with E-state index in [1.54, 1.807) is 0 Å². The molecule has 27 heavy (non-hydrogen) atoms. The summed E-state index contributed by atoms with van der Waals surface area (Å²) in [6, 6.07) is 20.3. The van der Waals surface area contributed by atoms with Gasteiger partial charge in [0.05, 0.1) is 11.0 Å². The normalized spacial score (nSPS) is 20.4.